The average Bonchev–Trinajstić information content (AvgIpc) is 3.05. The van der Waals surface area contributed by atoms with E-state index in [4.69, 9.17) is 9.47 Å². The summed E-state index contributed by atoms with van der Waals surface area (Å²) in [6.45, 7) is 6.96. The Bertz CT molecular complexity index is 1760. The normalized spacial score (nSPS) is 17.1. The Balaban J connectivity index is 0.000000280. The molecule has 12 nitrogen and oxygen atoms in total. The van der Waals surface area contributed by atoms with E-state index < -0.39 is 64.6 Å². The molecule has 0 atom stereocenters. The van der Waals surface area contributed by atoms with Crippen LogP contribution in [0, 0.1) is 11.8 Å². The molecule has 0 aliphatic carbocycles. The van der Waals surface area contributed by atoms with Crippen molar-refractivity contribution in [2.24, 2.45) is 11.8 Å². The third kappa shape index (κ3) is 11.3. The number of amides is 2. The van der Waals surface area contributed by atoms with Crippen LogP contribution in [0.5, 0.6) is 0 Å². The van der Waals surface area contributed by atoms with Gasteiger partial charge in [0.25, 0.3) is 0 Å². The number of hydrogen-bond donors (Lipinski definition) is 2. The third-order valence-electron chi connectivity index (χ3n) is 8.85. The summed E-state index contributed by atoms with van der Waals surface area (Å²) in [6.07, 6.45) is -6.22. The number of ether oxygens (including phenoxy) is 2. The van der Waals surface area contributed by atoms with Gasteiger partial charge in [0.15, 0.2) is 19.7 Å². The van der Waals surface area contributed by atoms with Crippen molar-refractivity contribution in [3.05, 3.63) is 47.8 Å². The first kappa shape index (κ1) is 43.0. The van der Waals surface area contributed by atoms with Crippen molar-refractivity contribution in [3.8, 4) is 0 Å². The van der Waals surface area contributed by atoms with Gasteiger partial charge < -0.3 is 20.1 Å². The highest BCUT2D eigenvalue weighted by atomic mass is 32.2. The van der Waals surface area contributed by atoms with E-state index in [9.17, 15) is 52.8 Å². The topological polar surface area (TPSA) is 171 Å². The van der Waals surface area contributed by atoms with E-state index in [1.807, 2.05) is 0 Å². The van der Waals surface area contributed by atoms with Crippen LogP contribution in [-0.2, 0) is 51.1 Å². The van der Waals surface area contributed by atoms with Crippen LogP contribution in [0.1, 0.15) is 64.6 Å². The molecule has 0 saturated carbocycles. The summed E-state index contributed by atoms with van der Waals surface area (Å²) in [5.41, 5.74) is -2.12. The summed E-state index contributed by atoms with van der Waals surface area (Å²) < 4.78 is 133. The fraction of sp³-hybridized carbons (Fsp3) is 0.625. The number of nitrogens with one attached hydrogen (secondary N) is 2. The van der Waals surface area contributed by atoms with Gasteiger partial charge in [0.2, 0.25) is 11.8 Å². The van der Waals surface area contributed by atoms with Gasteiger partial charge in [0.1, 0.15) is 26.8 Å². The first-order chi connectivity index (χ1) is 23.9. The fourth-order valence-electron chi connectivity index (χ4n) is 4.98. The molecule has 0 bridgehead atoms. The molecule has 4 rings (SSSR count). The van der Waals surface area contributed by atoms with Crippen molar-refractivity contribution in [2.75, 3.05) is 48.6 Å². The summed E-state index contributed by atoms with van der Waals surface area (Å²) in [7, 11) is -7.62. The predicted molar refractivity (Wildman–Crippen MR) is 179 cm³/mol. The van der Waals surface area contributed by atoms with Crippen molar-refractivity contribution in [1.82, 2.24) is 9.97 Å². The van der Waals surface area contributed by atoms with Crippen LogP contribution in [-0.4, -0.2) is 86.0 Å². The number of hydrogen-bond acceptors (Lipinski definition) is 10. The standard InChI is InChI=1S/2C16H21F3N2O4S/c1-15(2,26(23,24)10-11-5-7-25-8-6-11)14(22)21-13-4-3-12(9-20-13)16(17,18)19;1-15(2,26(23,24)10-11-6-8-25-9-7-11)14(22)21-13-5-3-4-12(20-13)16(17,18)19/h3-4,9,11H,5-8,10H2,1-2H3,(H,20,21,22);3-5,11H,6-10H2,1-2H3,(H,20,21,22). The van der Waals surface area contributed by atoms with Crippen molar-refractivity contribution >= 4 is 43.1 Å². The number of halogens is 6. The maximum Gasteiger partial charge on any atom is 0.433 e. The van der Waals surface area contributed by atoms with Gasteiger partial charge in [-0.1, -0.05) is 6.07 Å². The zero-order valence-electron chi connectivity index (χ0n) is 28.9. The van der Waals surface area contributed by atoms with E-state index in [1.165, 1.54) is 33.8 Å². The highest BCUT2D eigenvalue weighted by Crippen LogP contribution is 2.31. The van der Waals surface area contributed by atoms with Crippen molar-refractivity contribution in [1.29, 1.82) is 0 Å². The monoisotopic (exact) mass is 788 g/mol. The van der Waals surface area contributed by atoms with Crippen LogP contribution in [0.3, 0.4) is 0 Å². The zero-order valence-corrected chi connectivity index (χ0v) is 30.6. The highest BCUT2D eigenvalue weighted by Gasteiger charge is 2.44. The number of nitrogens with zero attached hydrogens (tertiary/aromatic N) is 2. The first-order valence-electron chi connectivity index (χ1n) is 16.2. The number of pyridine rings is 2. The van der Waals surface area contributed by atoms with E-state index in [-0.39, 0.29) is 35.0 Å². The molecule has 2 fully saturated rings. The number of sulfone groups is 2. The second-order valence-electron chi connectivity index (χ2n) is 13.4. The van der Waals surface area contributed by atoms with Gasteiger partial charge in [-0.05, 0) is 89.5 Å². The molecule has 2 N–H and O–H groups in total. The smallest absolute Gasteiger partial charge is 0.381 e. The van der Waals surface area contributed by atoms with Gasteiger partial charge >= 0.3 is 12.4 Å². The lowest BCUT2D eigenvalue weighted by molar-refractivity contribution is -0.141. The lowest BCUT2D eigenvalue weighted by Gasteiger charge is -2.28. The summed E-state index contributed by atoms with van der Waals surface area (Å²) in [4.78, 5) is 31.7. The number of alkyl halides is 6. The Hall–Kier alpha value is -3.36. The SMILES string of the molecule is CC(C)(C(=O)Nc1ccc(C(F)(F)F)cn1)S(=O)(=O)CC1CCOCC1.CC(C)(C(=O)Nc1cccc(C(F)(F)F)n1)S(=O)(=O)CC1CCOCC1. The van der Waals surface area contributed by atoms with Crippen LogP contribution in [0.2, 0.25) is 0 Å². The van der Waals surface area contributed by atoms with Crippen LogP contribution < -0.4 is 10.6 Å². The fourth-order valence-corrected chi connectivity index (χ4v) is 8.39. The maximum atomic E-state index is 12.7. The van der Waals surface area contributed by atoms with Crippen LogP contribution in [0.4, 0.5) is 38.0 Å². The lowest BCUT2D eigenvalue weighted by Crippen LogP contribution is -2.47. The van der Waals surface area contributed by atoms with Crippen molar-refractivity contribution in [2.45, 2.75) is 75.2 Å². The van der Waals surface area contributed by atoms with E-state index in [2.05, 4.69) is 20.6 Å². The molecule has 0 radical (unpaired) electrons. The van der Waals surface area contributed by atoms with Gasteiger partial charge in [0, 0.05) is 32.6 Å². The second-order valence-corrected chi connectivity index (χ2v) is 18.6. The molecule has 2 aromatic heterocycles. The molecule has 20 heteroatoms. The van der Waals surface area contributed by atoms with Crippen molar-refractivity contribution in [3.63, 3.8) is 0 Å². The van der Waals surface area contributed by atoms with Crippen LogP contribution >= 0.6 is 0 Å². The van der Waals surface area contributed by atoms with Gasteiger partial charge in [0.05, 0.1) is 17.1 Å². The Morgan fingerprint density at radius 1 is 0.692 bits per heavy atom. The summed E-state index contributed by atoms with van der Waals surface area (Å²) in [5, 5.41) is 4.47. The highest BCUT2D eigenvalue weighted by molar-refractivity contribution is 7.93. The van der Waals surface area contributed by atoms with Gasteiger partial charge in [-0.25, -0.2) is 26.8 Å². The molecule has 0 spiro atoms. The average molecular weight is 789 g/mol. The van der Waals surface area contributed by atoms with Gasteiger partial charge in [-0.2, -0.15) is 26.3 Å². The first-order valence-corrected chi connectivity index (χ1v) is 19.5. The molecule has 2 saturated heterocycles. The quantitative estimate of drug-likeness (QED) is 0.301. The Morgan fingerprint density at radius 2 is 1.13 bits per heavy atom. The number of aromatic nitrogens is 2. The molecule has 292 valence electrons. The maximum absolute atomic E-state index is 12.7. The molecular formula is C32H42F6N4O8S2. The third-order valence-corrected chi connectivity index (χ3v) is 14.2. The minimum atomic E-state index is -4.66. The molecule has 0 unspecified atom stereocenters. The lowest BCUT2D eigenvalue weighted by atomic mass is 10.0. The summed E-state index contributed by atoms with van der Waals surface area (Å²) in [5.74, 6) is -2.74. The Morgan fingerprint density at radius 3 is 1.52 bits per heavy atom. The molecule has 2 aromatic rings. The molecule has 52 heavy (non-hydrogen) atoms. The predicted octanol–water partition coefficient (Wildman–Crippen LogP) is 5.32. The molecule has 2 amide bonds. The number of anilines is 2. The minimum Gasteiger partial charge on any atom is -0.381 e. The van der Waals surface area contributed by atoms with Crippen LogP contribution in [0.25, 0.3) is 0 Å². The molecular weight excluding hydrogens is 746 g/mol. The number of carbonyl (C=O) groups excluding carboxylic acids is 2. The summed E-state index contributed by atoms with van der Waals surface area (Å²) in [6, 6.07) is 4.79. The number of carbonyl (C=O) groups is 2. The molecule has 2 aliphatic heterocycles. The Labute approximate surface area is 298 Å². The van der Waals surface area contributed by atoms with E-state index in [1.54, 1.807) is 0 Å². The molecule has 4 heterocycles. The molecule has 0 aromatic carbocycles. The van der Waals surface area contributed by atoms with E-state index in [0.717, 1.165) is 24.3 Å². The largest absolute Gasteiger partial charge is 0.433 e. The van der Waals surface area contributed by atoms with Crippen molar-refractivity contribution < 1.29 is 62.2 Å². The Kier molecular flexibility index (Phi) is 13.9. The van der Waals surface area contributed by atoms with Gasteiger partial charge in [-0.15, -0.1) is 0 Å². The minimum absolute atomic E-state index is 0.0787. The second kappa shape index (κ2) is 16.8. The summed E-state index contributed by atoms with van der Waals surface area (Å²) >= 11 is 0. The van der Waals surface area contributed by atoms with Crippen LogP contribution in [0.15, 0.2) is 36.5 Å². The molecule has 2 aliphatic rings. The van der Waals surface area contributed by atoms with E-state index in [0.29, 0.717) is 58.3 Å². The van der Waals surface area contributed by atoms with Gasteiger partial charge in [-0.3, -0.25) is 9.59 Å². The van der Waals surface area contributed by atoms with E-state index >= 15 is 0 Å². The zero-order chi connectivity index (χ0) is 39.2. The number of rotatable bonds is 10.